The number of nitrogens with two attached hydrogens (primary N) is 2. The second-order valence-electron chi connectivity index (χ2n) is 3.47. The number of ether oxygens (including phenoxy) is 2. The Bertz CT molecular complexity index is 488. The molecule has 0 saturated carbocycles. The lowest BCUT2D eigenvalue weighted by atomic mass is 10.4. The summed E-state index contributed by atoms with van der Waals surface area (Å²) < 4.78 is 23.1. The van der Waals surface area contributed by atoms with Gasteiger partial charge in [-0.05, 0) is 6.92 Å². The molecule has 19 heavy (non-hydrogen) atoms. The number of pyridine rings is 1. The average Bonchev–Trinajstić information content (AvgIpc) is 2.39. The van der Waals surface area contributed by atoms with Crippen LogP contribution in [0.15, 0.2) is 0 Å². The number of rotatable bonds is 5. The lowest BCUT2D eigenvalue weighted by molar-refractivity contribution is -0.150. The number of esters is 1. The molecule has 0 spiro atoms. The zero-order chi connectivity index (χ0) is 14.6. The Balaban J connectivity index is 2.85. The molecular weight excluding hydrogens is 300 g/mol. The molecule has 9 heteroatoms. The highest BCUT2D eigenvalue weighted by Crippen LogP contribution is 2.35. The van der Waals surface area contributed by atoms with Crippen molar-refractivity contribution in [2.24, 2.45) is 5.73 Å². The summed E-state index contributed by atoms with van der Waals surface area (Å²) in [7, 11) is 0. The third kappa shape index (κ3) is 3.82. The zero-order valence-electron chi connectivity index (χ0n) is 9.95. The number of nitrogens with zero attached hydrogens (tertiary/aromatic N) is 1. The molecule has 6 nitrogen and oxygen atoms in total. The van der Waals surface area contributed by atoms with E-state index in [2.05, 4.69) is 4.98 Å². The molecular formula is C10H12Cl2FN3O3. The molecule has 0 aliphatic carbocycles. The van der Waals surface area contributed by atoms with Gasteiger partial charge in [-0.25, -0.2) is 4.79 Å². The van der Waals surface area contributed by atoms with Gasteiger partial charge in [-0.1, -0.05) is 23.2 Å². The van der Waals surface area contributed by atoms with E-state index in [4.69, 9.17) is 44.1 Å². The van der Waals surface area contributed by atoms with Gasteiger partial charge in [0, 0.05) is 6.54 Å². The van der Waals surface area contributed by atoms with Crippen LogP contribution in [0.25, 0.3) is 0 Å². The van der Waals surface area contributed by atoms with E-state index in [1.165, 1.54) is 6.92 Å². The summed E-state index contributed by atoms with van der Waals surface area (Å²) >= 11 is 11.3. The highest BCUT2D eigenvalue weighted by Gasteiger charge is 2.22. The normalized spacial score (nSPS) is 12.1. The van der Waals surface area contributed by atoms with Crippen molar-refractivity contribution >= 4 is 34.9 Å². The van der Waals surface area contributed by atoms with Crippen molar-refractivity contribution in [2.75, 3.05) is 18.9 Å². The molecule has 0 fully saturated rings. The number of aromatic nitrogens is 1. The highest BCUT2D eigenvalue weighted by molar-refractivity contribution is 6.39. The van der Waals surface area contributed by atoms with Gasteiger partial charge in [-0.2, -0.15) is 9.37 Å². The van der Waals surface area contributed by atoms with E-state index < -0.39 is 23.0 Å². The van der Waals surface area contributed by atoms with Gasteiger partial charge in [-0.3, -0.25) is 0 Å². The molecule has 0 saturated heterocycles. The fraction of sp³-hybridized carbons (Fsp3) is 0.400. The van der Waals surface area contributed by atoms with E-state index in [-0.39, 0.29) is 29.7 Å². The van der Waals surface area contributed by atoms with E-state index in [0.29, 0.717) is 0 Å². The van der Waals surface area contributed by atoms with E-state index in [0.717, 1.165) is 0 Å². The zero-order valence-corrected chi connectivity index (χ0v) is 11.5. The first kappa shape index (κ1) is 15.7. The Morgan fingerprint density at radius 1 is 1.47 bits per heavy atom. The van der Waals surface area contributed by atoms with Crippen molar-refractivity contribution < 1.29 is 18.7 Å². The number of hydrogen-bond donors (Lipinski definition) is 2. The van der Waals surface area contributed by atoms with Crippen LogP contribution in [0.3, 0.4) is 0 Å². The van der Waals surface area contributed by atoms with E-state index in [9.17, 15) is 9.18 Å². The van der Waals surface area contributed by atoms with Crippen LogP contribution >= 0.6 is 23.2 Å². The summed E-state index contributed by atoms with van der Waals surface area (Å²) in [6.07, 6.45) is -1.04. The molecule has 1 aromatic heterocycles. The molecule has 106 valence electrons. The van der Waals surface area contributed by atoms with Crippen molar-refractivity contribution in [3.05, 3.63) is 16.0 Å². The van der Waals surface area contributed by atoms with Crippen LogP contribution < -0.4 is 16.2 Å². The van der Waals surface area contributed by atoms with Gasteiger partial charge < -0.3 is 20.9 Å². The SMILES string of the molecule is C[C@@H](Oc1nc(F)c(Cl)c(N)c1Cl)C(=O)OCCN. The molecule has 0 aliphatic rings. The van der Waals surface area contributed by atoms with Gasteiger partial charge in [-0.15, -0.1) is 0 Å². The standard InChI is InChI=1S/C10H12Cl2FN3O3/c1-4(10(17)18-3-2-14)19-9-6(12)7(15)5(11)8(13)16-9/h4H,2-3,14H2,1H3,(H2,15,16)/t4-/m1/s1. The topological polar surface area (TPSA) is 100 Å². The molecule has 1 aromatic rings. The van der Waals surface area contributed by atoms with Crippen LogP contribution in [0, 0.1) is 5.95 Å². The lowest BCUT2D eigenvalue weighted by Gasteiger charge is -2.15. The minimum atomic E-state index is -1.04. The quantitative estimate of drug-likeness (QED) is 0.629. The number of carbonyl (C=O) groups excluding carboxylic acids is 1. The van der Waals surface area contributed by atoms with Crippen molar-refractivity contribution in [1.29, 1.82) is 0 Å². The second-order valence-corrected chi connectivity index (χ2v) is 4.22. The maximum Gasteiger partial charge on any atom is 0.347 e. The molecule has 0 aromatic carbocycles. The predicted octanol–water partition coefficient (Wildman–Crippen LogP) is 1.38. The van der Waals surface area contributed by atoms with Crippen LogP contribution in [-0.2, 0) is 9.53 Å². The van der Waals surface area contributed by atoms with Crippen molar-refractivity contribution in [2.45, 2.75) is 13.0 Å². The van der Waals surface area contributed by atoms with Gasteiger partial charge in [0.15, 0.2) is 6.10 Å². The third-order valence-electron chi connectivity index (χ3n) is 2.02. The average molecular weight is 312 g/mol. The molecule has 1 atom stereocenters. The van der Waals surface area contributed by atoms with Crippen LogP contribution in [0.4, 0.5) is 10.1 Å². The van der Waals surface area contributed by atoms with Crippen LogP contribution in [0.5, 0.6) is 5.88 Å². The Morgan fingerprint density at radius 2 is 2.11 bits per heavy atom. The minimum Gasteiger partial charge on any atom is -0.462 e. The Labute approximate surface area is 118 Å². The lowest BCUT2D eigenvalue weighted by Crippen LogP contribution is -2.28. The van der Waals surface area contributed by atoms with Crippen molar-refractivity contribution in [3.63, 3.8) is 0 Å². The van der Waals surface area contributed by atoms with Gasteiger partial charge in [0.1, 0.15) is 16.7 Å². The maximum absolute atomic E-state index is 13.3. The van der Waals surface area contributed by atoms with E-state index in [1.54, 1.807) is 0 Å². The van der Waals surface area contributed by atoms with Crippen LogP contribution in [0.2, 0.25) is 10.0 Å². The van der Waals surface area contributed by atoms with E-state index in [1.807, 2.05) is 0 Å². The van der Waals surface area contributed by atoms with Crippen LogP contribution in [0.1, 0.15) is 6.92 Å². The molecule has 4 N–H and O–H groups in total. The molecule has 0 amide bonds. The predicted molar refractivity (Wildman–Crippen MR) is 68.7 cm³/mol. The fourth-order valence-corrected chi connectivity index (χ4v) is 1.45. The number of nitrogen functional groups attached to an aromatic ring is 1. The highest BCUT2D eigenvalue weighted by atomic mass is 35.5. The first-order chi connectivity index (χ1) is 8.88. The molecule has 0 radical (unpaired) electrons. The van der Waals surface area contributed by atoms with Gasteiger partial charge in [0.25, 0.3) is 0 Å². The minimum absolute atomic E-state index is 0.0464. The van der Waals surface area contributed by atoms with Gasteiger partial charge in [0.05, 0.1) is 5.69 Å². The number of hydrogen-bond acceptors (Lipinski definition) is 6. The van der Waals surface area contributed by atoms with E-state index >= 15 is 0 Å². The maximum atomic E-state index is 13.3. The largest absolute Gasteiger partial charge is 0.462 e. The summed E-state index contributed by atoms with van der Waals surface area (Å²) in [5.41, 5.74) is 10.4. The van der Waals surface area contributed by atoms with Crippen LogP contribution in [-0.4, -0.2) is 30.2 Å². The van der Waals surface area contributed by atoms with Crippen molar-refractivity contribution in [1.82, 2.24) is 4.98 Å². The Kier molecular flexibility index (Phi) is 5.59. The summed E-state index contributed by atoms with van der Waals surface area (Å²) in [5.74, 6) is -2.06. The molecule has 0 bridgehead atoms. The Morgan fingerprint density at radius 3 is 2.68 bits per heavy atom. The molecule has 1 rings (SSSR count). The summed E-state index contributed by atoms with van der Waals surface area (Å²) in [6.45, 7) is 1.62. The smallest absolute Gasteiger partial charge is 0.347 e. The second kappa shape index (κ2) is 6.74. The Hall–Kier alpha value is -1.31. The summed E-state index contributed by atoms with van der Waals surface area (Å²) in [5, 5.41) is -0.583. The third-order valence-corrected chi connectivity index (χ3v) is 2.75. The van der Waals surface area contributed by atoms with Crippen molar-refractivity contribution in [3.8, 4) is 5.88 Å². The first-order valence-electron chi connectivity index (χ1n) is 5.21. The number of anilines is 1. The van der Waals surface area contributed by atoms with Gasteiger partial charge >= 0.3 is 5.97 Å². The fourth-order valence-electron chi connectivity index (χ4n) is 1.08. The summed E-state index contributed by atoms with van der Waals surface area (Å²) in [4.78, 5) is 14.8. The summed E-state index contributed by atoms with van der Waals surface area (Å²) in [6, 6.07) is 0. The number of halogens is 3. The number of carbonyl (C=O) groups is 1. The van der Waals surface area contributed by atoms with Gasteiger partial charge in [0.2, 0.25) is 11.8 Å². The molecule has 0 unspecified atom stereocenters. The monoisotopic (exact) mass is 311 g/mol. The molecule has 1 heterocycles. The molecule has 0 aliphatic heterocycles. The first-order valence-corrected chi connectivity index (χ1v) is 5.97.